The SMILES string of the molecule is c1ccc(C(NCCCC2CC2)c2ccncc2)cc1. The lowest BCUT2D eigenvalue weighted by Crippen LogP contribution is -2.23. The highest BCUT2D eigenvalue weighted by Gasteiger charge is 2.20. The summed E-state index contributed by atoms with van der Waals surface area (Å²) in [5.74, 6) is 1.02. The summed E-state index contributed by atoms with van der Waals surface area (Å²) < 4.78 is 0. The molecule has 1 aromatic heterocycles. The van der Waals surface area contributed by atoms with E-state index in [1.165, 1.54) is 36.8 Å². The van der Waals surface area contributed by atoms with E-state index >= 15 is 0 Å². The van der Waals surface area contributed by atoms with Crippen molar-refractivity contribution in [1.29, 1.82) is 0 Å². The second-order valence-electron chi connectivity index (χ2n) is 5.66. The van der Waals surface area contributed by atoms with Gasteiger partial charge in [0.2, 0.25) is 0 Å². The molecule has 1 saturated carbocycles. The third-order valence-electron chi connectivity index (χ3n) is 4.01. The van der Waals surface area contributed by atoms with E-state index in [-0.39, 0.29) is 6.04 Å². The van der Waals surface area contributed by atoms with Crippen LogP contribution in [0.4, 0.5) is 0 Å². The standard InChI is InChI=1S/C18H22N2/c1-2-6-16(7-3-1)18(17-10-13-19-14-11-17)20-12-4-5-15-8-9-15/h1-3,6-7,10-11,13-15,18,20H,4-5,8-9,12H2. The Morgan fingerprint density at radius 1 is 1.00 bits per heavy atom. The van der Waals surface area contributed by atoms with Gasteiger partial charge in [0.1, 0.15) is 0 Å². The Morgan fingerprint density at radius 2 is 1.70 bits per heavy atom. The van der Waals surface area contributed by atoms with Crippen molar-refractivity contribution in [3.05, 3.63) is 66.0 Å². The smallest absolute Gasteiger partial charge is 0.0577 e. The first kappa shape index (κ1) is 13.3. The van der Waals surface area contributed by atoms with Crippen molar-refractivity contribution in [3.8, 4) is 0 Å². The highest BCUT2D eigenvalue weighted by atomic mass is 14.9. The van der Waals surface area contributed by atoms with Gasteiger partial charge in [-0.1, -0.05) is 43.2 Å². The minimum absolute atomic E-state index is 0.276. The van der Waals surface area contributed by atoms with E-state index in [0.717, 1.165) is 12.5 Å². The van der Waals surface area contributed by atoms with Gasteiger partial charge < -0.3 is 5.32 Å². The van der Waals surface area contributed by atoms with E-state index in [9.17, 15) is 0 Å². The molecule has 1 N–H and O–H groups in total. The van der Waals surface area contributed by atoms with Gasteiger partial charge in [0.25, 0.3) is 0 Å². The molecule has 0 saturated heterocycles. The predicted molar refractivity (Wildman–Crippen MR) is 82.5 cm³/mol. The number of pyridine rings is 1. The highest BCUT2D eigenvalue weighted by Crippen LogP contribution is 2.33. The number of rotatable bonds is 7. The maximum absolute atomic E-state index is 4.12. The van der Waals surface area contributed by atoms with Gasteiger partial charge in [-0.15, -0.1) is 0 Å². The second kappa shape index (κ2) is 6.67. The van der Waals surface area contributed by atoms with Crippen molar-refractivity contribution in [2.24, 2.45) is 5.92 Å². The van der Waals surface area contributed by atoms with Gasteiger partial charge in [-0.25, -0.2) is 0 Å². The van der Waals surface area contributed by atoms with Crippen molar-refractivity contribution in [2.75, 3.05) is 6.54 Å². The van der Waals surface area contributed by atoms with Gasteiger partial charge in [0.05, 0.1) is 6.04 Å². The third-order valence-corrected chi connectivity index (χ3v) is 4.01. The number of benzene rings is 1. The molecule has 2 aromatic rings. The van der Waals surface area contributed by atoms with Crippen LogP contribution in [0.5, 0.6) is 0 Å². The molecule has 1 aliphatic carbocycles. The van der Waals surface area contributed by atoms with Crippen LogP contribution in [-0.4, -0.2) is 11.5 Å². The zero-order valence-electron chi connectivity index (χ0n) is 11.8. The molecule has 1 aliphatic rings. The molecule has 1 heterocycles. The summed E-state index contributed by atoms with van der Waals surface area (Å²) in [6.07, 6.45) is 9.30. The summed E-state index contributed by atoms with van der Waals surface area (Å²) in [6, 6.07) is 15.2. The Morgan fingerprint density at radius 3 is 2.40 bits per heavy atom. The Balaban J connectivity index is 1.66. The van der Waals surface area contributed by atoms with Crippen LogP contribution in [-0.2, 0) is 0 Å². The predicted octanol–water partition coefficient (Wildman–Crippen LogP) is 3.95. The summed E-state index contributed by atoms with van der Waals surface area (Å²) in [5, 5.41) is 3.71. The monoisotopic (exact) mass is 266 g/mol. The quantitative estimate of drug-likeness (QED) is 0.768. The Labute approximate surface area is 121 Å². The minimum Gasteiger partial charge on any atom is -0.306 e. The molecular weight excluding hydrogens is 244 g/mol. The van der Waals surface area contributed by atoms with Crippen LogP contribution < -0.4 is 5.32 Å². The van der Waals surface area contributed by atoms with E-state index in [2.05, 4.69) is 52.8 Å². The molecule has 3 rings (SSSR count). The minimum atomic E-state index is 0.276. The zero-order valence-corrected chi connectivity index (χ0v) is 11.8. The average Bonchev–Trinajstić information content (AvgIpc) is 3.33. The molecule has 1 unspecified atom stereocenters. The molecule has 0 amide bonds. The summed E-state index contributed by atoms with van der Waals surface area (Å²) in [5.41, 5.74) is 2.61. The lowest BCUT2D eigenvalue weighted by Gasteiger charge is -2.19. The number of aromatic nitrogens is 1. The molecule has 2 nitrogen and oxygen atoms in total. The maximum Gasteiger partial charge on any atom is 0.0577 e. The molecule has 1 aromatic carbocycles. The maximum atomic E-state index is 4.12. The number of hydrogen-bond donors (Lipinski definition) is 1. The first-order chi connectivity index (χ1) is 9.93. The molecule has 0 spiro atoms. The lowest BCUT2D eigenvalue weighted by molar-refractivity contribution is 0.552. The van der Waals surface area contributed by atoms with Crippen LogP contribution in [0.3, 0.4) is 0 Å². The Hall–Kier alpha value is -1.67. The molecule has 1 fully saturated rings. The van der Waals surface area contributed by atoms with Crippen LogP contribution in [0.15, 0.2) is 54.9 Å². The zero-order chi connectivity index (χ0) is 13.6. The fourth-order valence-corrected chi connectivity index (χ4v) is 2.67. The number of nitrogens with zero attached hydrogens (tertiary/aromatic N) is 1. The average molecular weight is 266 g/mol. The van der Waals surface area contributed by atoms with E-state index in [1.54, 1.807) is 0 Å². The van der Waals surface area contributed by atoms with Gasteiger partial charge in [0, 0.05) is 12.4 Å². The van der Waals surface area contributed by atoms with Crippen LogP contribution in [0.2, 0.25) is 0 Å². The number of nitrogens with one attached hydrogen (secondary N) is 1. The summed E-state index contributed by atoms with van der Waals surface area (Å²) in [6.45, 7) is 1.08. The van der Waals surface area contributed by atoms with Gasteiger partial charge in [-0.3, -0.25) is 4.98 Å². The van der Waals surface area contributed by atoms with E-state index in [1.807, 2.05) is 12.4 Å². The van der Waals surface area contributed by atoms with E-state index in [0.29, 0.717) is 0 Å². The van der Waals surface area contributed by atoms with Crippen molar-refractivity contribution in [2.45, 2.75) is 31.7 Å². The van der Waals surface area contributed by atoms with Gasteiger partial charge in [-0.05, 0) is 48.6 Å². The third kappa shape index (κ3) is 3.67. The first-order valence-electron chi connectivity index (χ1n) is 7.62. The number of hydrogen-bond acceptors (Lipinski definition) is 2. The molecule has 20 heavy (non-hydrogen) atoms. The highest BCUT2D eigenvalue weighted by molar-refractivity contribution is 5.30. The largest absolute Gasteiger partial charge is 0.306 e. The van der Waals surface area contributed by atoms with E-state index in [4.69, 9.17) is 0 Å². The molecule has 104 valence electrons. The fourth-order valence-electron chi connectivity index (χ4n) is 2.67. The first-order valence-corrected chi connectivity index (χ1v) is 7.62. The molecule has 2 heteroatoms. The van der Waals surface area contributed by atoms with Gasteiger partial charge in [-0.2, -0.15) is 0 Å². The Kier molecular flexibility index (Phi) is 4.44. The van der Waals surface area contributed by atoms with Gasteiger partial charge >= 0.3 is 0 Å². The van der Waals surface area contributed by atoms with Crippen LogP contribution in [0.1, 0.15) is 42.9 Å². The van der Waals surface area contributed by atoms with Crippen molar-refractivity contribution >= 4 is 0 Å². The van der Waals surface area contributed by atoms with Gasteiger partial charge in [0.15, 0.2) is 0 Å². The van der Waals surface area contributed by atoms with Crippen LogP contribution in [0, 0.1) is 5.92 Å². The van der Waals surface area contributed by atoms with E-state index < -0.39 is 0 Å². The van der Waals surface area contributed by atoms with Crippen molar-refractivity contribution in [1.82, 2.24) is 10.3 Å². The normalized spacial score (nSPS) is 16.0. The Bertz CT molecular complexity index is 466. The molecule has 0 aliphatic heterocycles. The van der Waals surface area contributed by atoms with Crippen molar-refractivity contribution in [3.63, 3.8) is 0 Å². The topological polar surface area (TPSA) is 24.9 Å². The second-order valence-corrected chi connectivity index (χ2v) is 5.66. The summed E-state index contributed by atoms with van der Waals surface area (Å²) >= 11 is 0. The van der Waals surface area contributed by atoms with Crippen LogP contribution in [0.25, 0.3) is 0 Å². The molecule has 0 bridgehead atoms. The lowest BCUT2D eigenvalue weighted by atomic mass is 9.99. The van der Waals surface area contributed by atoms with Crippen molar-refractivity contribution < 1.29 is 0 Å². The molecule has 1 atom stereocenters. The fraction of sp³-hybridized carbons (Fsp3) is 0.389. The molecular formula is C18H22N2. The van der Waals surface area contributed by atoms with Crippen LogP contribution >= 0.6 is 0 Å². The molecule has 0 radical (unpaired) electrons. The summed E-state index contributed by atoms with van der Waals surface area (Å²) in [7, 11) is 0. The summed E-state index contributed by atoms with van der Waals surface area (Å²) in [4.78, 5) is 4.12.